The molecule has 0 saturated heterocycles. The van der Waals surface area contributed by atoms with E-state index in [1.807, 2.05) is 0 Å². The summed E-state index contributed by atoms with van der Waals surface area (Å²) in [7, 11) is 0. The first kappa shape index (κ1) is 16.8. The van der Waals surface area contributed by atoms with Crippen molar-refractivity contribution in [1.29, 1.82) is 0 Å². The summed E-state index contributed by atoms with van der Waals surface area (Å²) in [6.45, 7) is 2.20. The molecule has 0 radical (unpaired) electrons. The molecule has 0 heterocycles. The quantitative estimate of drug-likeness (QED) is 0.771. The van der Waals surface area contributed by atoms with Crippen LogP contribution in [0, 0.1) is 11.7 Å². The fraction of sp³-hybridized carbons (Fsp3) is 0.562. The van der Waals surface area contributed by atoms with Gasteiger partial charge in [-0.25, -0.2) is 4.39 Å². The minimum Gasteiger partial charge on any atom is -0.350 e. The summed E-state index contributed by atoms with van der Waals surface area (Å²) in [5.41, 5.74) is 0.0530. The van der Waals surface area contributed by atoms with Crippen molar-refractivity contribution in [3.63, 3.8) is 0 Å². The largest absolute Gasteiger partial charge is 0.350 e. The van der Waals surface area contributed by atoms with Gasteiger partial charge >= 0.3 is 0 Å². The number of halogens is 3. The van der Waals surface area contributed by atoms with Crippen LogP contribution in [0.3, 0.4) is 0 Å². The van der Waals surface area contributed by atoms with E-state index in [9.17, 15) is 9.18 Å². The third-order valence-corrected chi connectivity index (χ3v) is 5.58. The lowest BCUT2D eigenvalue weighted by Gasteiger charge is -2.39. The molecule has 5 heteroatoms. The van der Waals surface area contributed by atoms with E-state index in [0.717, 1.165) is 24.6 Å². The van der Waals surface area contributed by atoms with Gasteiger partial charge in [0.1, 0.15) is 5.82 Å². The molecule has 2 nitrogen and oxygen atoms in total. The van der Waals surface area contributed by atoms with E-state index in [4.69, 9.17) is 11.6 Å². The minimum absolute atomic E-state index is 0.0192. The average Bonchev–Trinajstić information content (AvgIpc) is 2.43. The van der Waals surface area contributed by atoms with Gasteiger partial charge in [0, 0.05) is 21.5 Å². The Bertz CT molecular complexity index is 505. The van der Waals surface area contributed by atoms with Crippen molar-refractivity contribution in [3.8, 4) is 0 Å². The first-order valence-corrected chi connectivity index (χ1v) is 8.75. The summed E-state index contributed by atoms with van der Waals surface area (Å²) in [5.74, 6) is -0.00764. The second kappa shape index (κ2) is 7.10. The topological polar surface area (TPSA) is 29.1 Å². The van der Waals surface area contributed by atoms with Gasteiger partial charge in [-0.3, -0.25) is 4.79 Å². The van der Waals surface area contributed by atoms with E-state index in [-0.39, 0.29) is 23.4 Å². The Morgan fingerprint density at radius 1 is 1.57 bits per heavy atom. The Morgan fingerprint density at radius 2 is 2.33 bits per heavy atom. The number of alkyl halides is 1. The second-order valence-electron chi connectivity index (χ2n) is 6.04. The zero-order valence-corrected chi connectivity index (χ0v) is 14.4. The molecular weight excluding hydrogens is 357 g/mol. The molecule has 2 rings (SSSR count). The zero-order valence-electron chi connectivity index (χ0n) is 12.1. The molecule has 1 aliphatic carbocycles. The normalized spacial score (nSPS) is 25.6. The number of nitrogens with one attached hydrogen (secondary N) is 1. The molecule has 1 aromatic rings. The summed E-state index contributed by atoms with van der Waals surface area (Å²) >= 11 is 9.50. The van der Waals surface area contributed by atoms with Crippen LogP contribution in [0.2, 0.25) is 5.02 Å². The second-order valence-corrected chi connectivity index (χ2v) is 7.01. The highest BCUT2D eigenvalue weighted by Crippen LogP contribution is 2.33. The van der Waals surface area contributed by atoms with Crippen LogP contribution in [0.1, 0.15) is 38.2 Å². The van der Waals surface area contributed by atoms with Gasteiger partial charge in [0.15, 0.2) is 0 Å². The highest BCUT2D eigenvalue weighted by atomic mass is 79.9. The van der Waals surface area contributed by atoms with Crippen LogP contribution < -0.4 is 5.32 Å². The Labute approximate surface area is 138 Å². The third kappa shape index (κ3) is 4.19. The van der Waals surface area contributed by atoms with Crippen LogP contribution in [0.15, 0.2) is 18.2 Å². The molecule has 1 fully saturated rings. The van der Waals surface area contributed by atoms with Crippen LogP contribution >= 0.6 is 27.5 Å². The van der Waals surface area contributed by atoms with Crippen molar-refractivity contribution in [1.82, 2.24) is 5.32 Å². The van der Waals surface area contributed by atoms with E-state index in [1.54, 1.807) is 12.1 Å². The number of benzene rings is 1. The number of amides is 1. The predicted molar refractivity (Wildman–Crippen MR) is 87.4 cm³/mol. The Kier molecular flexibility index (Phi) is 5.67. The SMILES string of the molecule is CC1CCCC(CBr)(NC(=O)Cc2c(F)cccc2Cl)C1. The molecule has 0 aromatic heterocycles. The summed E-state index contributed by atoms with van der Waals surface area (Å²) in [6.07, 6.45) is 4.19. The molecule has 116 valence electrons. The maximum Gasteiger partial charge on any atom is 0.225 e. The highest BCUT2D eigenvalue weighted by Gasteiger charge is 2.35. The lowest BCUT2D eigenvalue weighted by Crippen LogP contribution is -2.53. The molecule has 1 amide bonds. The van der Waals surface area contributed by atoms with Gasteiger partial charge in [0.05, 0.1) is 6.42 Å². The number of hydrogen-bond donors (Lipinski definition) is 1. The van der Waals surface area contributed by atoms with Crippen molar-refractivity contribution < 1.29 is 9.18 Å². The lowest BCUT2D eigenvalue weighted by atomic mass is 9.77. The number of rotatable bonds is 4. The van der Waals surface area contributed by atoms with E-state index >= 15 is 0 Å². The lowest BCUT2D eigenvalue weighted by molar-refractivity contribution is -0.122. The van der Waals surface area contributed by atoms with Crippen LogP contribution in [0.4, 0.5) is 4.39 Å². The highest BCUT2D eigenvalue weighted by molar-refractivity contribution is 9.09. The summed E-state index contributed by atoms with van der Waals surface area (Å²) in [5, 5.41) is 4.13. The van der Waals surface area contributed by atoms with Gasteiger partial charge in [-0.2, -0.15) is 0 Å². The molecule has 21 heavy (non-hydrogen) atoms. The van der Waals surface area contributed by atoms with E-state index in [1.165, 1.54) is 12.5 Å². The third-order valence-electron chi connectivity index (χ3n) is 4.15. The Hall–Kier alpha value is -0.610. The molecule has 0 bridgehead atoms. The van der Waals surface area contributed by atoms with Crippen LogP contribution in [-0.2, 0) is 11.2 Å². The summed E-state index contributed by atoms with van der Waals surface area (Å²) < 4.78 is 13.8. The van der Waals surface area contributed by atoms with E-state index in [0.29, 0.717) is 10.9 Å². The van der Waals surface area contributed by atoms with Crippen molar-refractivity contribution in [2.45, 2.75) is 44.6 Å². The maximum absolute atomic E-state index is 13.8. The van der Waals surface area contributed by atoms with Crippen molar-refractivity contribution >= 4 is 33.4 Å². The molecule has 1 aliphatic rings. The van der Waals surface area contributed by atoms with Crippen LogP contribution in [0.25, 0.3) is 0 Å². The Balaban J connectivity index is 2.07. The first-order chi connectivity index (χ1) is 9.96. The molecule has 1 N–H and O–H groups in total. The van der Waals surface area contributed by atoms with E-state index < -0.39 is 5.82 Å². The molecule has 1 saturated carbocycles. The fourth-order valence-electron chi connectivity index (χ4n) is 3.13. The standard InChI is InChI=1S/C16H20BrClFNO/c1-11-4-3-7-16(9-11,10-17)20-15(21)8-12-13(18)5-2-6-14(12)19/h2,5-6,11H,3-4,7-10H2,1H3,(H,20,21). The maximum atomic E-state index is 13.8. The smallest absolute Gasteiger partial charge is 0.225 e. The zero-order chi connectivity index (χ0) is 15.5. The summed E-state index contributed by atoms with van der Waals surface area (Å²) in [6, 6.07) is 4.48. The number of hydrogen-bond acceptors (Lipinski definition) is 1. The molecule has 1 aromatic carbocycles. The van der Waals surface area contributed by atoms with Gasteiger partial charge in [0.25, 0.3) is 0 Å². The number of carbonyl (C=O) groups is 1. The van der Waals surface area contributed by atoms with E-state index in [2.05, 4.69) is 28.2 Å². The fourth-order valence-corrected chi connectivity index (χ4v) is 4.01. The van der Waals surface area contributed by atoms with Crippen LogP contribution in [-0.4, -0.2) is 16.8 Å². The first-order valence-electron chi connectivity index (χ1n) is 7.25. The Morgan fingerprint density at radius 3 is 2.95 bits per heavy atom. The monoisotopic (exact) mass is 375 g/mol. The molecule has 2 atom stereocenters. The molecular formula is C16H20BrClFNO. The predicted octanol–water partition coefficient (Wildman–Crippen LogP) is 4.48. The van der Waals surface area contributed by atoms with Gasteiger partial charge in [-0.1, -0.05) is 53.4 Å². The van der Waals surface area contributed by atoms with Crippen molar-refractivity contribution in [2.75, 3.05) is 5.33 Å². The molecule has 2 unspecified atom stereocenters. The van der Waals surface area contributed by atoms with Gasteiger partial charge in [-0.05, 0) is 30.9 Å². The van der Waals surface area contributed by atoms with Crippen LogP contribution in [0.5, 0.6) is 0 Å². The van der Waals surface area contributed by atoms with Gasteiger partial charge in [-0.15, -0.1) is 0 Å². The van der Waals surface area contributed by atoms with Crippen molar-refractivity contribution in [2.24, 2.45) is 5.92 Å². The van der Waals surface area contributed by atoms with Gasteiger partial charge < -0.3 is 5.32 Å². The van der Waals surface area contributed by atoms with Gasteiger partial charge in [0.2, 0.25) is 5.91 Å². The van der Waals surface area contributed by atoms with Crippen molar-refractivity contribution in [3.05, 3.63) is 34.6 Å². The molecule has 0 spiro atoms. The average molecular weight is 377 g/mol. The minimum atomic E-state index is -0.428. The summed E-state index contributed by atoms with van der Waals surface area (Å²) in [4.78, 5) is 12.3. The number of carbonyl (C=O) groups excluding carboxylic acids is 1. The molecule has 0 aliphatic heterocycles.